The maximum Gasteiger partial charge on any atom is 0.294 e. The van der Waals surface area contributed by atoms with Crippen LogP contribution in [0.3, 0.4) is 0 Å². The Morgan fingerprint density at radius 2 is 2.22 bits per heavy atom. The Kier molecular flexibility index (Phi) is 4.87. The molecule has 0 aromatic carbocycles. The number of nitrogens with zero attached hydrogens (tertiary/aromatic N) is 2. The van der Waals surface area contributed by atoms with Gasteiger partial charge < -0.3 is 4.90 Å². The zero-order valence-corrected chi connectivity index (χ0v) is 14.5. The second-order valence-corrected chi connectivity index (χ2v) is 7.69. The molecule has 0 radical (unpaired) electrons. The predicted octanol–water partition coefficient (Wildman–Crippen LogP) is 3.19. The normalized spacial score (nSPS) is 23.9. The first-order valence-corrected chi connectivity index (χ1v) is 9.34. The highest BCUT2D eigenvalue weighted by molar-refractivity contribution is 8.18. The standard InChI is InChI=1S/C16H18N2O3S2/c1-11-5-2-3-7-17(11)14(19)10-18-15(20)13(23-16(18)21)9-12-6-4-8-22-12/h4,6,8-9,11H,2-3,5,7,10H2,1H3/b13-9-/t11-/m0/s1. The summed E-state index contributed by atoms with van der Waals surface area (Å²) in [5, 5.41) is 1.55. The van der Waals surface area contributed by atoms with Crippen LogP contribution in [0.15, 0.2) is 22.4 Å². The van der Waals surface area contributed by atoms with Crippen molar-refractivity contribution in [1.29, 1.82) is 0 Å². The van der Waals surface area contributed by atoms with Crippen molar-refractivity contribution < 1.29 is 14.4 Å². The molecule has 0 bridgehead atoms. The van der Waals surface area contributed by atoms with E-state index in [0.717, 1.165) is 40.8 Å². The van der Waals surface area contributed by atoms with Crippen LogP contribution in [0.4, 0.5) is 4.79 Å². The van der Waals surface area contributed by atoms with Crippen molar-refractivity contribution in [2.45, 2.75) is 32.2 Å². The maximum absolute atomic E-state index is 12.4. The van der Waals surface area contributed by atoms with Crippen molar-refractivity contribution >= 4 is 46.2 Å². The van der Waals surface area contributed by atoms with Crippen LogP contribution in [0.25, 0.3) is 6.08 Å². The van der Waals surface area contributed by atoms with Crippen molar-refractivity contribution in [3.8, 4) is 0 Å². The Bertz CT molecular complexity index is 654. The van der Waals surface area contributed by atoms with Crippen LogP contribution in [0.5, 0.6) is 0 Å². The number of hydrogen-bond acceptors (Lipinski definition) is 5. The first kappa shape index (κ1) is 16.3. The van der Waals surface area contributed by atoms with Crippen LogP contribution in [0, 0.1) is 0 Å². The average Bonchev–Trinajstić information content (AvgIpc) is 3.12. The summed E-state index contributed by atoms with van der Waals surface area (Å²) in [7, 11) is 0. The molecule has 1 atom stereocenters. The molecule has 7 heteroatoms. The van der Waals surface area contributed by atoms with Gasteiger partial charge in [0.05, 0.1) is 4.91 Å². The van der Waals surface area contributed by atoms with Crippen LogP contribution in [0.2, 0.25) is 0 Å². The highest BCUT2D eigenvalue weighted by Gasteiger charge is 2.37. The van der Waals surface area contributed by atoms with Gasteiger partial charge in [0, 0.05) is 17.5 Å². The van der Waals surface area contributed by atoms with E-state index >= 15 is 0 Å². The van der Waals surface area contributed by atoms with E-state index in [-0.39, 0.29) is 29.6 Å². The minimum Gasteiger partial charge on any atom is -0.338 e. The van der Waals surface area contributed by atoms with Gasteiger partial charge in [-0.1, -0.05) is 6.07 Å². The zero-order valence-electron chi connectivity index (χ0n) is 12.9. The van der Waals surface area contributed by atoms with Gasteiger partial charge >= 0.3 is 0 Å². The van der Waals surface area contributed by atoms with Crippen molar-refractivity contribution in [3.05, 3.63) is 27.3 Å². The molecule has 2 aliphatic rings. The molecule has 2 saturated heterocycles. The molecule has 0 saturated carbocycles. The molecule has 5 nitrogen and oxygen atoms in total. The second kappa shape index (κ2) is 6.88. The number of carbonyl (C=O) groups is 3. The molecule has 0 aliphatic carbocycles. The number of piperidine rings is 1. The number of carbonyl (C=O) groups excluding carboxylic acids is 3. The van der Waals surface area contributed by atoms with Crippen molar-refractivity contribution in [3.63, 3.8) is 0 Å². The van der Waals surface area contributed by atoms with Crippen molar-refractivity contribution in [1.82, 2.24) is 9.80 Å². The van der Waals surface area contributed by atoms with E-state index in [0.29, 0.717) is 11.4 Å². The number of thioether (sulfide) groups is 1. The van der Waals surface area contributed by atoms with Gasteiger partial charge in [0.15, 0.2) is 0 Å². The third-order valence-corrected chi connectivity index (χ3v) is 5.83. The molecular formula is C16H18N2O3S2. The fourth-order valence-corrected chi connectivity index (χ4v) is 4.39. The van der Waals surface area contributed by atoms with E-state index in [1.807, 2.05) is 24.4 Å². The molecule has 1 aromatic heterocycles. The molecule has 3 amide bonds. The lowest BCUT2D eigenvalue weighted by molar-refractivity contribution is -0.138. The van der Waals surface area contributed by atoms with Gasteiger partial charge in [0.25, 0.3) is 11.1 Å². The van der Waals surface area contributed by atoms with Gasteiger partial charge in [-0.2, -0.15) is 0 Å². The molecule has 1 aromatic rings. The van der Waals surface area contributed by atoms with Crippen LogP contribution in [0.1, 0.15) is 31.1 Å². The number of hydrogen-bond donors (Lipinski definition) is 0. The average molecular weight is 350 g/mol. The fourth-order valence-electron chi connectivity index (χ4n) is 2.83. The quantitative estimate of drug-likeness (QED) is 0.786. The summed E-state index contributed by atoms with van der Waals surface area (Å²) >= 11 is 2.41. The Labute approximate surface area is 143 Å². The monoisotopic (exact) mass is 350 g/mol. The number of imide groups is 1. The molecule has 0 N–H and O–H groups in total. The molecule has 23 heavy (non-hydrogen) atoms. The van der Waals surface area contributed by atoms with Gasteiger partial charge in [0.1, 0.15) is 6.54 Å². The molecule has 0 spiro atoms. The lowest BCUT2D eigenvalue weighted by Gasteiger charge is -2.34. The van der Waals surface area contributed by atoms with Crippen LogP contribution in [-0.4, -0.2) is 46.0 Å². The zero-order chi connectivity index (χ0) is 16.4. The summed E-state index contributed by atoms with van der Waals surface area (Å²) in [6, 6.07) is 3.96. The van der Waals surface area contributed by atoms with Crippen molar-refractivity contribution in [2.75, 3.05) is 13.1 Å². The first-order valence-electron chi connectivity index (χ1n) is 7.64. The Morgan fingerprint density at radius 3 is 2.91 bits per heavy atom. The third kappa shape index (κ3) is 3.50. The Hall–Kier alpha value is -1.60. The topological polar surface area (TPSA) is 57.7 Å². The van der Waals surface area contributed by atoms with E-state index in [2.05, 4.69) is 0 Å². The molecular weight excluding hydrogens is 332 g/mol. The van der Waals surface area contributed by atoms with Crippen LogP contribution >= 0.6 is 23.1 Å². The lowest BCUT2D eigenvalue weighted by Crippen LogP contribution is -2.47. The SMILES string of the molecule is C[C@H]1CCCCN1C(=O)CN1C(=O)S/C(=C\c2cccs2)C1=O. The second-order valence-electron chi connectivity index (χ2n) is 5.72. The van der Waals surface area contributed by atoms with Gasteiger partial charge in [0.2, 0.25) is 5.91 Å². The molecule has 3 rings (SSSR count). The van der Waals surface area contributed by atoms with Gasteiger partial charge in [-0.3, -0.25) is 19.3 Å². The Morgan fingerprint density at radius 1 is 1.39 bits per heavy atom. The van der Waals surface area contributed by atoms with E-state index in [1.165, 1.54) is 11.3 Å². The summed E-state index contributed by atoms with van der Waals surface area (Å²) < 4.78 is 0. The summed E-state index contributed by atoms with van der Waals surface area (Å²) in [6.07, 6.45) is 4.79. The van der Waals surface area contributed by atoms with Gasteiger partial charge in [-0.25, -0.2) is 0 Å². The highest BCUT2D eigenvalue weighted by atomic mass is 32.2. The first-order chi connectivity index (χ1) is 11.1. The Balaban J connectivity index is 1.69. The van der Waals surface area contributed by atoms with Crippen LogP contribution < -0.4 is 0 Å². The molecule has 122 valence electrons. The number of rotatable bonds is 3. The minimum absolute atomic E-state index is 0.142. The third-order valence-electron chi connectivity index (χ3n) is 4.11. The van der Waals surface area contributed by atoms with E-state index < -0.39 is 0 Å². The van der Waals surface area contributed by atoms with Gasteiger partial charge in [-0.15, -0.1) is 11.3 Å². The fraction of sp³-hybridized carbons (Fsp3) is 0.438. The molecule has 0 unspecified atom stereocenters. The summed E-state index contributed by atoms with van der Waals surface area (Å²) in [5.74, 6) is -0.511. The number of likely N-dealkylation sites (tertiary alicyclic amines) is 1. The van der Waals surface area contributed by atoms with Gasteiger partial charge in [-0.05, 0) is 55.5 Å². The maximum atomic E-state index is 12.4. The van der Waals surface area contributed by atoms with Crippen molar-refractivity contribution in [2.24, 2.45) is 0 Å². The van der Waals surface area contributed by atoms with E-state index in [1.54, 1.807) is 11.0 Å². The van der Waals surface area contributed by atoms with E-state index in [4.69, 9.17) is 0 Å². The molecule has 2 fully saturated rings. The summed E-state index contributed by atoms with van der Waals surface area (Å²) in [5.41, 5.74) is 0. The number of amides is 3. The van der Waals surface area contributed by atoms with Crippen LogP contribution in [-0.2, 0) is 9.59 Å². The summed E-state index contributed by atoms with van der Waals surface area (Å²) in [4.78, 5) is 41.1. The highest BCUT2D eigenvalue weighted by Crippen LogP contribution is 2.33. The predicted molar refractivity (Wildman–Crippen MR) is 92.0 cm³/mol. The van der Waals surface area contributed by atoms with E-state index in [9.17, 15) is 14.4 Å². The molecule has 2 aliphatic heterocycles. The number of thiophene rings is 1. The summed E-state index contributed by atoms with van der Waals surface area (Å²) in [6.45, 7) is 2.57. The lowest BCUT2D eigenvalue weighted by atomic mass is 10.0. The molecule has 3 heterocycles. The minimum atomic E-state index is -0.369. The smallest absolute Gasteiger partial charge is 0.294 e. The largest absolute Gasteiger partial charge is 0.338 e.